The van der Waals surface area contributed by atoms with Gasteiger partial charge in [0, 0.05) is 11.1 Å². The van der Waals surface area contributed by atoms with E-state index in [0.717, 1.165) is 22.1 Å². The molecule has 1 amide bonds. The number of halogens is 2. The van der Waals surface area contributed by atoms with Crippen molar-refractivity contribution in [3.63, 3.8) is 0 Å². The normalized spacial score (nSPS) is 10.4. The summed E-state index contributed by atoms with van der Waals surface area (Å²) >= 11 is 7.21. The summed E-state index contributed by atoms with van der Waals surface area (Å²) in [4.78, 5) is 20.3. The molecule has 0 aliphatic carbocycles. The summed E-state index contributed by atoms with van der Waals surface area (Å²) in [6.07, 6.45) is 2.65. The van der Waals surface area contributed by atoms with Crippen LogP contribution in [0.3, 0.4) is 0 Å². The zero-order valence-electron chi connectivity index (χ0n) is 9.41. The van der Waals surface area contributed by atoms with Crippen LogP contribution in [0.1, 0.15) is 20.2 Å². The molecule has 0 spiro atoms. The Kier molecular flexibility index (Phi) is 3.88. The van der Waals surface area contributed by atoms with Crippen molar-refractivity contribution in [2.45, 2.75) is 13.5 Å². The minimum absolute atomic E-state index is 0.0191. The van der Waals surface area contributed by atoms with Crippen molar-refractivity contribution >= 4 is 28.8 Å². The van der Waals surface area contributed by atoms with E-state index >= 15 is 0 Å². The number of thiazole rings is 1. The van der Waals surface area contributed by atoms with Crippen LogP contribution in [0.15, 0.2) is 18.5 Å². The summed E-state index contributed by atoms with van der Waals surface area (Å²) in [5.41, 5.74) is 0.0258. The number of aromatic nitrogens is 2. The van der Waals surface area contributed by atoms with E-state index in [1.165, 1.54) is 11.3 Å². The first-order valence-corrected chi connectivity index (χ1v) is 6.26. The number of carbonyl (C=O) groups is 1. The van der Waals surface area contributed by atoms with Gasteiger partial charge in [0.25, 0.3) is 5.91 Å². The molecule has 0 bridgehead atoms. The molecule has 0 atom stereocenters. The van der Waals surface area contributed by atoms with Gasteiger partial charge in [-0.05, 0) is 13.0 Å². The number of nitrogens with zero attached hydrogens (tertiary/aromatic N) is 2. The lowest BCUT2D eigenvalue weighted by molar-refractivity contribution is 0.0950. The number of amides is 1. The number of aryl methyl sites for hydroxylation is 1. The molecule has 2 rings (SSSR count). The van der Waals surface area contributed by atoms with Gasteiger partial charge in [0.1, 0.15) is 11.0 Å². The van der Waals surface area contributed by atoms with Crippen molar-refractivity contribution in [3.05, 3.63) is 44.9 Å². The van der Waals surface area contributed by atoms with Gasteiger partial charge < -0.3 is 5.32 Å². The second-order valence-corrected chi connectivity index (χ2v) is 5.20. The smallest absolute Gasteiger partial charge is 0.254 e. The monoisotopic (exact) mass is 285 g/mol. The highest BCUT2D eigenvalue weighted by Crippen LogP contribution is 2.15. The molecule has 0 fully saturated rings. The SMILES string of the molecule is Cc1ncc(CNC(=O)c2cc(F)cnc2Cl)s1. The number of pyridine rings is 1. The molecule has 2 aromatic heterocycles. The Morgan fingerprint density at radius 1 is 1.50 bits per heavy atom. The van der Waals surface area contributed by atoms with Gasteiger partial charge in [-0.1, -0.05) is 11.6 Å². The Balaban J connectivity index is 2.05. The number of hydrogen-bond donors (Lipinski definition) is 1. The summed E-state index contributed by atoms with van der Waals surface area (Å²) in [5.74, 6) is -1.06. The highest BCUT2D eigenvalue weighted by atomic mass is 35.5. The van der Waals surface area contributed by atoms with Gasteiger partial charge >= 0.3 is 0 Å². The molecule has 0 aromatic carbocycles. The lowest BCUT2D eigenvalue weighted by Gasteiger charge is -2.04. The third-order valence-corrected chi connectivity index (χ3v) is 3.36. The average molecular weight is 286 g/mol. The summed E-state index contributed by atoms with van der Waals surface area (Å²) in [6, 6.07) is 1.06. The van der Waals surface area contributed by atoms with Crippen molar-refractivity contribution in [2.75, 3.05) is 0 Å². The summed E-state index contributed by atoms with van der Waals surface area (Å²) in [6.45, 7) is 2.21. The van der Waals surface area contributed by atoms with Gasteiger partial charge in [-0.25, -0.2) is 14.4 Å². The van der Waals surface area contributed by atoms with Crippen LogP contribution >= 0.6 is 22.9 Å². The molecular formula is C11H9ClFN3OS. The van der Waals surface area contributed by atoms with Crippen LogP contribution < -0.4 is 5.32 Å². The van der Waals surface area contributed by atoms with Crippen molar-refractivity contribution in [3.8, 4) is 0 Å². The van der Waals surface area contributed by atoms with Crippen LogP contribution in [0.4, 0.5) is 4.39 Å². The quantitative estimate of drug-likeness (QED) is 0.882. The molecule has 2 aromatic rings. The molecular weight excluding hydrogens is 277 g/mol. The van der Waals surface area contributed by atoms with E-state index in [-0.39, 0.29) is 10.7 Å². The van der Waals surface area contributed by atoms with Crippen LogP contribution in [-0.4, -0.2) is 15.9 Å². The molecule has 1 N–H and O–H groups in total. The second-order valence-electron chi connectivity index (χ2n) is 3.52. The highest BCUT2D eigenvalue weighted by Gasteiger charge is 2.12. The molecule has 0 saturated carbocycles. The van der Waals surface area contributed by atoms with E-state index < -0.39 is 11.7 Å². The minimum Gasteiger partial charge on any atom is -0.347 e. The van der Waals surface area contributed by atoms with E-state index in [9.17, 15) is 9.18 Å². The van der Waals surface area contributed by atoms with Crippen LogP contribution in [-0.2, 0) is 6.54 Å². The van der Waals surface area contributed by atoms with Crippen LogP contribution in [0.2, 0.25) is 5.15 Å². The lowest BCUT2D eigenvalue weighted by Crippen LogP contribution is -2.23. The van der Waals surface area contributed by atoms with Gasteiger partial charge in [0.2, 0.25) is 0 Å². The first-order chi connectivity index (χ1) is 8.56. The first kappa shape index (κ1) is 12.9. The summed E-state index contributed by atoms with van der Waals surface area (Å²) in [5, 5.41) is 3.54. The Morgan fingerprint density at radius 2 is 2.28 bits per heavy atom. The van der Waals surface area contributed by atoms with E-state index in [1.54, 1.807) is 6.20 Å². The van der Waals surface area contributed by atoms with Crippen molar-refractivity contribution in [1.82, 2.24) is 15.3 Å². The molecule has 4 nitrogen and oxygen atoms in total. The molecule has 2 heterocycles. The minimum atomic E-state index is -0.599. The Morgan fingerprint density at radius 3 is 2.94 bits per heavy atom. The van der Waals surface area contributed by atoms with Gasteiger partial charge in [0.05, 0.1) is 23.3 Å². The standard InChI is InChI=1S/C11H9ClFN3OS/c1-6-14-4-8(18-6)5-16-11(17)9-2-7(13)3-15-10(9)12/h2-4H,5H2,1H3,(H,16,17). The van der Waals surface area contributed by atoms with Gasteiger partial charge in [-0.2, -0.15) is 0 Å². The van der Waals surface area contributed by atoms with Crippen LogP contribution in [0.5, 0.6) is 0 Å². The van der Waals surface area contributed by atoms with Gasteiger partial charge in [-0.3, -0.25) is 4.79 Å². The maximum absolute atomic E-state index is 13.0. The number of carbonyl (C=O) groups excluding carboxylic acids is 1. The topological polar surface area (TPSA) is 54.9 Å². The van der Waals surface area contributed by atoms with Gasteiger partial charge in [-0.15, -0.1) is 11.3 Å². The zero-order valence-corrected chi connectivity index (χ0v) is 11.0. The third kappa shape index (κ3) is 3.02. The highest BCUT2D eigenvalue weighted by molar-refractivity contribution is 7.11. The Bertz CT molecular complexity index is 587. The molecule has 0 saturated heterocycles. The fraction of sp³-hybridized carbons (Fsp3) is 0.182. The van der Waals surface area contributed by atoms with Crippen LogP contribution in [0.25, 0.3) is 0 Å². The number of hydrogen-bond acceptors (Lipinski definition) is 4. The van der Waals surface area contributed by atoms with Gasteiger partial charge in [0.15, 0.2) is 0 Å². The zero-order chi connectivity index (χ0) is 13.1. The molecule has 0 unspecified atom stereocenters. The molecule has 7 heteroatoms. The maximum atomic E-state index is 13.0. The predicted molar refractivity (Wildman–Crippen MR) is 67.2 cm³/mol. The lowest BCUT2D eigenvalue weighted by atomic mass is 10.2. The van der Waals surface area contributed by atoms with Crippen LogP contribution in [0, 0.1) is 12.7 Å². The van der Waals surface area contributed by atoms with Crippen molar-refractivity contribution in [1.29, 1.82) is 0 Å². The van der Waals surface area contributed by atoms with Crippen molar-refractivity contribution in [2.24, 2.45) is 0 Å². The number of rotatable bonds is 3. The first-order valence-electron chi connectivity index (χ1n) is 5.07. The molecule has 18 heavy (non-hydrogen) atoms. The summed E-state index contributed by atoms with van der Waals surface area (Å²) < 4.78 is 13.0. The van der Waals surface area contributed by atoms with E-state index in [0.29, 0.717) is 6.54 Å². The third-order valence-electron chi connectivity index (χ3n) is 2.14. The Labute approximate surface area is 112 Å². The predicted octanol–water partition coefficient (Wildman–Crippen LogP) is 2.57. The van der Waals surface area contributed by atoms with E-state index in [2.05, 4.69) is 15.3 Å². The fourth-order valence-corrected chi connectivity index (χ4v) is 2.26. The average Bonchev–Trinajstić information content (AvgIpc) is 2.75. The molecule has 0 aliphatic rings. The fourth-order valence-electron chi connectivity index (χ4n) is 1.33. The maximum Gasteiger partial charge on any atom is 0.254 e. The molecule has 0 radical (unpaired) electrons. The second kappa shape index (κ2) is 5.41. The largest absolute Gasteiger partial charge is 0.347 e. The Hall–Kier alpha value is -1.53. The van der Waals surface area contributed by atoms with E-state index in [1.807, 2.05) is 6.92 Å². The number of nitrogens with one attached hydrogen (secondary N) is 1. The van der Waals surface area contributed by atoms with Crippen molar-refractivity contribution < 1.29 is 9.18 Å². The summed E-state index contributed by atoms with van der Waals surface area (Å²) in [7, 11) is 0. The molecule has 94 valence electrons. The molecule has 0 aliphatic heterocycles. The van der Waals surface area contributed by atoms with E-state index in [4.69, 9.17) is 11.6 Å².